The number of hydrogen-bond donors (Lipinski definition) is 1. The second kappa shape index (κ2) is 10.7. The van der Waals surface area contributed by atoms with E-state index in [1.54, 1.807) is 24.5 Å². The van der Waals surface area contributed by atoms with Crippen LogP contribution >= 0.6 is 0 Å². The normalized spacial score (nSPS) is 13.3. The van der Waals surface area contributed by atoms with Crippen molar-refractivity contribution >= 4 is 11.9 Å². The molecule has 8 nitrogen and oxygen atoms in total. The van der Waals surface area contributed by atoms with Crippen molar-refractivity contribution in [2.75, 3.05) is 6.54 Å². The van der Waals surface area contributed by atoms with Crippen LogP contribution in [0, 0.1) is 0 Å². The van der Waals surface area contributed by atoms with E-state index in [1.807, 2.05) is 0 Å². The number of aromatic nitrogens is 2. The summed E-state index contributed by atoms with van der Waals surface area (Å²) in [4.78, 5) is 27.1. The van der Waals surface area contributed by atoms with E-state index in [0.717, 1.165) is 17.7 Å². The van der Waals surface area contributed by atoms with Crippen LogP contribution in [0.25, 0.3) is 0 Å². The Kier molecular flexibility index (Phi) is 7.85. The number of carboxylic acids is 1. The summed E-state index contributed by atoms with van der Waals surface area (Å²) in [5.41, 5.74) is 0.412. The van der Waals surface area contributed by atoms with Crippen molar-refractivity contribution in [3.05, 3.63) is 76.9 Å². The molecule has 0 bridgehead atoms. The molecule has 0 fully saturated rings. The first-order valence-electron chi connectivity index (χ1n) is 10.1. The van der Waals surface area contributed by atoms with Gasteiger partial charge in [-0.3, -0.25) is 9.78 Å². The molecule has 1 aliphatic rings. The average molecular weight is 517 g/mol. The summed E-state index contributed by atoms with van der Waals surface area (Å²) in [5, 5.41) is 11.1. The van der Waals surface area contributed by atoms with Crippen LogP contribution in [-0.4, -0.2) is 44.7 Å². The van der Waals surface area contributed by atoms with Crippen molar-refractivity contribution in [2.24, 2.45) is 0 Å². The van der Waals surface area contributed by atoms with Crippen molar-refractivity contribution in [1.29, 1.82) is 0 Å². The van der Waals surface area contributed by atoms with Gasteiger partial charge in [0.2, 0.25) is 0 Å². The van der Waals surface area contributed by atoms with Gasteiger partial charge in [0, 0.05) is 30.3 Å². The van der Waals surface area contributed by atoms with Crippen LogP contribution in [0.3, 0.4) is 0 Å². The Bertz CT molecular complexity index is 1210. The highest BCUT2D eigenvalue weighted by atomic mass is 19.4. The molecule has 1 aromatic carbocycles. The predicted molar refractivity (Wildman–Crippen MR) is 109 cm³/mol. The van der Waals surface area contributed by atoms with Gasteiger partial charge in [0.1, 0.15) is 23.8 Å². The Balaban J connectivity index is 0.000000454. The number of halogens is 6. The minimum Gasteiger partial charge on any atom is -0.486 e. The van der Waals surface area contributed by atoms with Gasteiger partial charge < -0.3 is 19.3 Å². The van der Waals surface area contributed by atoms with E-state index in [1.165, 1.54) is 17.0 Å². The van der Waals surface area contributed by atoms with E-state index in [2.05, 4.69) is 10.1 Å². The highest BCUT2D eigenvalue weighted by Crippen LogP contribution is 2.30. The molecular weight excluding hydrogens is 500 g/mol. The third kappa shape index (κ3) is 6.73. The number of aliphatic carboxylic acids is 1. The number of alkyl halides is 6. The standard InChI is InChI=1S/C20H16F3N3O3.C2HF3O2/c21-20(22,23)14-4-1-3-13(9-14)19(27)26-8-6-18-16(11-26)17(25-29-18)12-28-15-5-2-7-24-10-15;3-2(4,5)1(6)7/h1-5,7,9-10H,6,8,11-12H2;(H,6,7). The molecule has 192 valence electrons. The van der Waals surface area contributed by atoms with E-state index in [-0.39, 0.29) is 18.7 Å². The molecule has 0 unspecified atom stereocenters. The van der Waals surface area contributed by atoms with Crippen molar-refractivity contribution in [2.45, 2.75) is 31.9 Å². The van der Waals surface area contributed by atoms with Crippen molar-refractivity contribution in [3.8, 4) is 5.75 Å². The fourth-order valence-electron chi connectivity index (χ4n) is 3.15. The fourth-order valence-corrected chi connectivity index (χ4v) is 3.15. The summed E-state index contributed by atoms with van der Waals surface area (Å²) in [6.07, 6.45) is -5.96. The highest BCUT2D eigenvalue weighted by molar-refractivity contribution is 5.94. The summed E-state index contributed by atoms with van der Waals surface area (Å²) in [5.74, 6) is -2.01. The lowest BCUT2D eigenvalue weighted by Crippen LogP contribution is -2.36. The summed E-state index contributed by atoms with van der Waals surface area (Å²) in [7, 11) is 0. The van der Waals surface area contributed by atoms with Crippen molar-refractivity contribution < 1.29 is 50.3 Å². The number of carbonyl (C=O) groups is 2. The maximum atomic E-state index is 12.9. The van der Waals surface area contributed by atoms with Gasteiger partial charge in [0.05, 0.1) is 18.3 Å². The molecule has 1 N–H and O–H groups in total. The van der Waals surface area contributed by atoms with E-state index in [9.17, 15) is 31.1 Å². The highest BCUT2D eigenvalue weighted by Gasteiger charge is 2.38. The second-order valence-electron chi connectivity index (χ2n) is 7.37. The molecule has 0 aliphatic carbocycles. The smallest absolute Gasteiger partial charge is 0.486 e. The summed E-state index contributed by atoms with van der Waals surface area (Å²) in [6, 6.07) is 7.92. The number of hydrogen-bond acceptors (Lipinski definition) is 6. The van der Waals surface area contributed by atoms with E-state index >= 15 is 0 Å². The monoisotopic (exact) mass is 517 g/mol. The zero-order chi connectivity index (χ0) is 26.5. The molecule has 4 rings (SSSR count). The molecule has 3 heterocycles. The first kappa shape index (κ1) is 26.5. The molecule has 2 aromatic heterocycles. The number of rotatable bonds is 4. The minimum atomic E-state index is -5.08. The van der Waals surface area contributed by atoms with Gasteiger partial charge in [-0.05, 0) is 30.3 Å². The summed E-state index contributed by atoms with van der Waals surface area (Å²) >= 11 is 0. The van der Waals surface area contributed by atoms with Crippen LogP contribution < -0.4 is 4.74 Å². The van der Waals surface area contributed by atoms with Crippen LogP contribution in [0.15, 0.2) is 53.3 Å². The van der Waals surface area contributed by atoms with Gasteiger partial charge in [0.25, 0.3) is 5.91 Å². The molecule has 14 heteroatoms. The van der Waals surface area contributed by atoms with Crippen LogP contribution in [-0.2, 0) is 30.5 Å². The van der Waals surface area contributed by atoms with Crippen molar-refractivity contribution in [3.63, 3.8) is 0 Å². The Morgan fingerprint density at radius 2 is 1.83 bits per heavy atom. The quantitative estimate of drug-likeness (QED) is 0.508. The fraction of sp³-hybridized carbons (Fsp3) is 0.273. The van der Waals surface area contributed by atoms with E-state index < -0.39 is 29.8 Å². The van der Waals surface area contributed by atoms with Gasteiger partial charge in [-0.1, -0.05) is 11.2 Å². The predicted octanol–water partition coefficient (Wildman–Crippen LogP) is 4.50. The number of carboxylic acid groups (broad SMARTS) is 1. The molecule has 1 aliphatic heterocycles. The third-order valence-electron chi connectivity index (χ3n) is 4.89. The molecular formula is C22H17F6N3O5. The number of benzene rings is 1. The zero-order valence-electron chi connectivity index (χ0n) is 18.1. The van der Waals surface area contributed by atoms with E-state index in [4.69, 9.17) is 19.2 Å². The van der Waals surface area contributed by atoms with Gasteiger partial charge in [-0.15, -0.1) is 0 Å². The van der Waals surface area contributed by atoms with Crippen LogP contribution in [0.2, 0.25) is 0 Å². The summed E-state index contributed by atoms with van der Waals surface area (Å²) < 4.78 is 81.5. The van der Waals surface area contributed by atoms with Gasteiger partial charge in [-0.25, -0.2) is 4.79 Å². The van der Waals surface area contributed by atoms with Gasteiger partial charge >= 0.3 is 18.3 Å². The lowest BCUT2D eigenvalue weighted by Gasteiger charge is -2.26. The Morgan fingerprint density at radius 3 is 2.44 bits per heavy atom. The number of amides is 1. The molecule has 0 saturated carbocycles. The molecule has 1 amide bonds. The second-order valence-corrected chi connectivity index (χ2v) is 7.37. The Hall–Kier alpha value is -4.10. The Morgan fingerprint density at radius 1 is 1.11 bits per heavy atom. The van der Waals surface area contributed by atoms with Crippen LogP contribution in [0.1, 0.15) is 32.9 Å². The maximum Gasteiger partial charge on any atom is 0.490 e. The first-order valence-corrected chi connectivity index (χ1v) is 10.1. The molecule has 3 aromatic rings. The molecule has 36 heavy (non-hydrogen) atoms. The topological polar surface area (TPSA) is 106 Å². The maximum absolute atomic E-state index is 12.9. The van der Waals surface area contributed by atoms with E-state index in [0.29, 0.717) is 30.2 Å². The third-order valence-corrected chi connectivity index (χ3v) is 4.89. The lowest BCUT2D eigenvalue weighted by atomic mass is 10.0. The van der Waals surface area contributed by atoms with Crippen LogP contribution in [0.5, 0.6) is 5.75 Å². The molecule has 0 atom stereocenters. The molecule has 0 spiro atoms. The van der Waals surface area contributed by atoms with Crippen LogP contribution in [0.4, 0.5) is 26.3 Å². The average Bonchev–Trinajstić information content (AvgIpc) is 3.24. The number of ether oxygens (including phenoxy) is 1. The van der Waals surface area contributed by atoms with Gasteiger partial charge in [0.15, 0.2) is 0 Å². The molecule has 0 saturated heterocycles. The Labute approximate surface area is 199 Å². The SMILES string of the molecule is O=C(O)C(F)(F)F.O=C(c1cccc(C(F)(F)F)c1)N1CCc2onc(COc3cccnc3)c2C1. The van der Waals surface area contributed by atoms with Gasteiger partial charge in [-0.2, -0.15) is 26.3 Å². The summed E-state index contributed by atoms with van der Waals surface area (Å²) in [6.45, 7) is 0.663. The number of carbonyl (C=O) groups excluding carboxylic acids is 1. The van der Waals surface area contributed by atoms with Crippen molar-refractivity contribution in [1.82, 2.24) is 15.0 Å². The first-order chi connectivity index (χ1) is 16.9. The molecule has 0 radical (unpaired) electrons. The number of fused-ring (bicyclic) bond motifs is 1. The zero-order valence-corrected chi connectivity index (χ0v) is 18.1. The largest absolute Gasteiger partial charge is 0.490 e. The number of nitrogens with zero attached hydrogens (tertiary/aromatic N) is 3. The minimum absolute atomic E-state index is 0.00658. The number of pyridine rings is 1. The lowest BCUT2D eigenvalue weighted by molar-refractivity contribution is -0.192.